The first-order valence-corrected chi connectivity index (χ1v) is 7.98. The number of hydrogen-bond acceptors (Lipinski definition) is 4. The number of hydrogen-bond donors (Lipinski definition) is 3. The van der Waals surface area contributed by atoms with Gasteiger partial charge in [-0.15, -0.1) is 11.3 Å². The minimum atomic E-state index is -0.249. The van der Waals surface area contributed by atoms with Crippen molar-refractivity contribution in [2.75, 3.05) is 5.32 Å². The molecule has 0 aliphatic rings. The zero-order valence-electron chi connectivity index (χ0n) is 12.4. The van der Waals surface area contributed by atoms with Gasteiger partial charge in [-0.2, -0.15) is 5.10 Å². The van der Waals surface area contributed by atoms with E-state index in [-0.39, 0.29) is 12.1 Å². The Labute approximate surface area is 132 Å². The number of thiazole rings is 1. The number of amides is 2. The SMILES string of the molecule is CCc1nc([C@@H](C)NC(=O)Nc2ccc3[nH]ncc3c2)cs1. The number of nitrogens with one attached hydrogen (secondary N) is 3. The Hall–Kier alpha value is -2.41. The summed E-state index contributed by atoms with van der Waals surface area (Å²) in [4.78, 5) is 16.6. The molecule has 0 radical (unpaired) electrons. The fourth-order valence-electron chi connectivity index (χ4n) is 2.14. The lowest BCUT2D eigenvalue weighted by atomic mass is 10.2. The van der Waals surface area contributed by atoms with E-state index >= 15 is 0 Å². The minimum absolute atomic E-state index is 0.130. The van der Waals surface area contributed by atoms with Crippen molar-refractivity contribution in [3.63, 3.8) is 0 Å². The van der Waals surface area contributed by atoms with E-state index < -0.39 is 0 Å². The van der Waals surface area contributed by atoms with Gasteiger partial charge in [-0.1, -0.05) is 6.92 Å². The van der Waals surface area contributed by atoms with Crippen LogP contribution >= 0.6 is 11.3 Å². The summed E-state index contributed by atoms with van der Waals surface area (Å²) in [5, 5.41) is 16.6. The normalized spacial score (nSPS) is 12.3. The molecule has 0 saturated heterocycles. The first-order chi connectivity index (χ1) is 10.7. The molecule has 0 aliphatic heterocycles. The third kappa shape index (κ3) is 3.09. The van der Waals surface area contributed by atoms with Crippen molar-refractivity contribution < 1.29 is 4.79 Å². The van der Waals surface area contributed by atoms with Crippen molar-refractivity contribution in [1.29, 1.82) is 0 Å². The summed E-state index contributed by atoms with van der Waals surface area (Å²) in [6.07, 6.45) is 2.64. The Bertz CT molecular complexity index is 794. The van der Waals surface area contributed by atoms with Crippen LogP contribution in [0.2, 0.25) is 0 Å². The molecule has 22 heavy (non-hydrogen) atoms. The number of benzene rings is 1. The third-order valence-electron chi connectivity index (χ3n) is 3.36. The summed E-state index contributed by atoms with van der Waals surface area (Å²) in [5.74, 6) is 0. The molecule has 7 heteroatoms. The fraction of sp³-hybridized carbons (Fsp3) is 0.267. The van der Waals surface area contributed by atoms with Crippen LogP contribution in [0.15, 0.2) is 29.8 Å². The number of fused-ring (bicyclic) bond motifs is 1. The van der Waals surface area contributed by atoms with E-state index in [0.717, 1.165) is 33.7 Å². The van der Waals surface area contributed by atoms with E-state index in [9.17, 15) is 4.79 Å². The van der Waals surface area contributed by atoms with Crippen LogP contribution in [0.1, 0.15) is 30.6 Å². The van der Waals surface area contributed by atoms with Gasteiger partial charge in [0.25, 0.3) is 0 Å². The summed E-state index contributed by atoms with van der Waals surface area (Å²) < 4.78 is 0. The van der Waals surface area contributed by atoms with E-state index in [4.69, 9.17) is 0 Å². The molecule has 3 aromatic rings. The fourth-order valence-corrected chi connectivity index (χ4v) is 2.98. The van der Waals surface area contributed by atoms with Gasteiger partial charge in [-0.05, 0) is 31.5 Å². The van der Waals surface area contributed by atoms with E-state index in [2.05, 4.69) is 32.7 Å². The first kappa shape index (κ1) is 14.5. The molecule has 1 atom stereocenters. The standard InChI is InChI=1S/C15H17N5OS/c1-3-14-19-13(8-22-14)9(2)17-15(21)18-11-4-5-12-10(6-11)7-16-20-12/h4-9H,3H2,1-2H3,(H,16,20)(H2,17,18,21)/t9-/m1/s1. The van der Waals surface area contributed by atoms with Crippen molar-refractivity contribution in [3.05, 3.63) is 40.5 Å². The molecular formula is C15H17N5OS. The van der Waals surface area contributed by atoms with Gasteiger partial charge in [0.2, 0.25) is 0 Å². The second-order valence-corrected chi connectivity index (χ2v) is 5.95. The van der Waals surface area contributed by atoms with Crippen LogP contribution in [0.3, 0.4) is 0 Å². The summed E-state index contributed by atoms with van der Waals surface area (Å²) in [6.45, 7) is 3.99. The lowest BCUT2D eigenvalue weighted by Crippen LogP contribution is -2.31. The van der Waals surface area contributed by atoms with Crippen LogP contribution in [-0.2, 0) is 6.42 Å². The van der Waals surface area contributed by atoms with Crippen LogP contribution < -0.4 is 10.6 Å². The lowest BCUT2D eigenvalue weighted by molar-refractivity contribution is 0.249. The van der Waals surface area contributed by atoms with E-state index in [0.29, 0.717) is 0 Å². The quantitative estimate of drug-likeness (QED) is 0.689. The number of carbonyl (C=O) groups excluding carboxylic acids is 1. The van der Waals surface area contributed by atoms with Gasteiger partial charge in [0.05, 0.1) is 28.5 Å². The van der Waals surface area contributed by atoms with Crippen LogP contribution in [0, 0.1) is 0 Å². The average Bonchev–Trinajstić information content (AvgIpc) is 3.15. The zero-order chi connectivity index (χ0) is 15.5. The van der Waals surface area contributed by atoms with Gasteiger partial charge in [0.15, 0.2) is 0 Å². The molecule has 114 valence electrons. The number of rotatable bonds is 4. The molecule has 2 heterocycles. The Morgan fingerprint density at radius 3 is 3.09 bits per heavy atom. The highest BCUT2D eigenvalue weighted by Crippen LogP contribution is 2.18. The zero-order valence-corrected chi connectivity index (χ0v) is 13.2. The van der Waals surface area contributed by atoms with Crippen molar-refractivity contribution in [1.82, 2.24) is 20.5 Å². The Balaban J connectivity index is 1.63. The average molecular weight is 315 g/mol. The van der Waals surface area contributed by atoms with Crippen molar-refractivity contribution >= 4 is 34.0 Å². The second-order valence-electron chi connectivity index (χ2n) is 5.01. The van der Waals surface area contributed by atoms with Crippen LogP contribution in [0.4, 0.5) is 10.5 Å². The number of anilines is 1. The molecule has 1 aromatic carbocycles. The maximum absolute atomic E-state index is 12.1. The Morgan fingerprint density at radius 1 is 1.45 bits per heavy atom. The predicted molar refractivity (Wildman–Crippen MR) is 88.2 cm³/mol. The summed E-state index contributed by atoms with van der Waals surface area (Å²) in [5.41, 5.74) is 2.56. The molecule has 0 aliphatic carbocycles. The van der Waals surface area contributed by atoms with Gasteiger partial charge in [-0.3, -0.25) is 5.10 Å². The van der Waals surface area contributed by atoms with Gasteiger partial charge in [-0.25, -0.2) is 9.78 Å². The largest absolute Gasteiger partial charge is 0.330 e. The van der Waals surface area contributed by atoms with Gasteiger partial charge in [0, 0.05) is 16.5 Å². The molecule has 6 nitrogen and oxygen atoms in total. The molecule has 0 bridgehead atoms. The van der Waals surface area contributed by atoms with Gasteiger partial charge in [0.1, 0.15) is 0 Å². The van der Waals surface area contributed by atoms with Crippen LogP contribution in [0.5, 0.6) is 0 Å². The van der Waals surface area contributed by atoms with Gasteiger partial charge >= 0.3 is 6.03 Å². The Morgan fingerprint density at radius 2 is 2.32 bits per heavy atom. The number of urea groups is 1. The molecule has 0 unspecified atom stereocenters. The number of aromatic amines is 1. The maximum atomic E-state index is 12.1. The molecule has 0 fully saturated rings. The summed E-state index contributed by atoms with van der Waals surface area (Å²) >= 11 is 1.62. The number of H-pyrrole nitrogens is 1. The second kappa shape index (κ2) is 6.15. The van der Waals surface area contributed by atoms with E-state index in [1.54, 1.807) is 17.5 Å². The highest BCUT2D eigenvalue weighted by Gasteiger charge is 2.13. The van der Waals surface area contributed by atoms with Crippen molar-refractivity contribution in [2.45, 2.75) is 26.3 Å². The maximum Gasteiger partial charge on any atom is 0.319 e. The van der Waals surface area contributed by atoms with E-state index in [1.807, 2.05) is 30.5 Å². The molecular weight excluding hydrogens is 298 g/mol. The number of nitrogens with zero attached hydrogens (tertiary/aromatic N) is 2. The highest BCUT2D eigenvalue weighted by atomic mass is 32.1. The summed E-state index contributed by atoms with van der Waals surface area (Å²) in [7, 11) is 0. The minimum Gasteiger partial charge on any atom is -0.330 e. The van der Waals surface area contributed by atoms with E-state index in [1.165, 1.54) is 0 Å². The Kier molecular flexibility index (Phi) is 4.06. The molecule has 3 rings (SSSR count). The smallest absolute Gasteiger partial charge is 0.319 e. The van der Waals surface area contributed by atoms with Crippen LogP contribution in [0.25, 0.3) is 10.9 Å². The van der Waals surface area contributed by atoms with Crippen molar-refractivity contribution in [3.8, 4) is 0 Å². The predicted octanol–water partition coefficient (Wildman–Crippen LogP) is 3.46. The third-order valence-corrected chi connectivity index (χ3v) is 4.37. The van der Waals surface area contributed by atoms with Crippen molar-refractivity contribution in [2.24, 2.45) is 0 Å². The number of aryl methyl sites for hydroxylation is 1. The summed E-state index contributed by atoms with van der Waals surface area (Å²) in [6, 6.07) is 5.22. The molecule has 0 spiro atoms. The topological polar surface area (TPSA) is 82.7 Å². The number of carbonyl (C=O) groups is 1. The lowest BCUT2D eigenvalue weighted by Gasteiger charge is -2.12. The first-order valence-electron chi connectivity index (χ1n) is 7.10. The molecule has 3 N–H and O–H groups in total. The molecule has 2 amide bonds. The molecule has 2 aromatic heterocycles. The number of aromatic nitrogens is 3. The van der Waals surface area contributed by atoms with Crippen LogP contribution in [-0.4, -0.2) is 21.2 Å². The van der Waals surface area contributed by atoms with Gasteiger partial charge < -0.3 is 10.6 Å². The highest BCUT2D eigenvalue weighted by molar-refractivity contribution is 7.09. The monoisotopic (exact) mass is 315 g/mol. The molecule has 0 saturated carbocycles.